The summed E-state index contributed by atoms with van der Waals surface area (Å²) >= 11 is 0. The second kappa shape index (κ2) is 6.19. The van der Waals surface area contributed by atoms with Crippen LogP contribution in [0.1, 0.15) is 78.1 Å². The van der Waals surface area contributed by atoms with Crippen LogP contribution in [-0.4, -0.2) is 18.0 Å². The van der Waals surface area contributed by atoms with Gasteiger partial charge in [-0.05, 0) is 39.5 Å². The van der Waals surface area contributed by atoms with Crippen LogP contribution in [0.4, 0.5) is 0 Å². The molecule has 0 aromatic rings. The summed E-state index contributed by atoms with van der Waals surface area (Å²) < 4.78 is 12.3. The normalized spacial score (nSPS) is 25.1. The molecule has 0 spiro atoms. The third-order valence-corrected chi connectivity index (χ3v) is 4.01. The van der Waals surface area contributed by atoms with E-state index in [2.05, 4.69) is 13.8 Å². The van der Waals surface area contributed by atoms with Gasteiger partial charge >= 0.3 is 0 Å². The van der Waals surface area contributed by atoms with Gasteiger partial charge in [0.25, 0.3) is 0 Å². The molecule has 0 aromatic carbocycles. The fraction of sp³-hybridized carbons (Fsp3) is 1.00. The summed E-state index contributed by atoms with van der Waals surface area (Å²) in [5, 5.41) is 0. The van der Waals surface area contributed by atoms with Crippen molar-refractivity contribution in [3.05, 3.63) is 0 Å². The minimum absolute atomic E-state index is 0.385. The molecule has 0 radical (unpaired) electrons. The zero-order valence-electron chi connectivity index (χ0n) is 11.5. The van der Waals surface area contributed by atoms with Gasteiger partial charge in [-0.15, -0.1) is 0 Å². The molecule has 2 saturated carbocycles. The van der Waals surface area contributed by atoms with Crippen LogP contribution in [0.15, 0.2) is 0 Å². The Kier molecular flexibility index (Phi) is 4.87. The third-order valence-electron chi connectivity index (χ3n) is 4.01. The van der Waals surface area contributed by atoms with E-state index in [4.69, 9.17) is 9.47 Å². The molecular weight excluding hydrogens is 212 g/mol. The predicted molar refractivity (Wildman–Crippen MR) is 70.0 cm³/mol. The minimum Gasteiger partial charge on any atom is -0.347 e. The molecule has 0 unspecified atom stereocenters. The molecule has 0 amide bonds. The SMILES string of the molecule is CC(C)(OC1CCCCC1)OC1CCCCC1. The second-order valence-electron chi connectivity index (χ2n) is 6.16. The van der Waals surface area contributed by atoms with Gasteiger partial charge in [0.15, 0.2) is 5.79 Å². The molecule has 17 heavy (non-hydrogen) atoms. The molecule has 0 bridgehead atoms. The molecule has 0 aliphatic heterocycles. The lowest BCUT2D eigenvalue weighted by Gasteiger charge is -2.36. The summed E-state index contributed by atoms with van der Waals surface area (Å²) in [5.74, 6) is -0.385. The molecule has 0 N–H and O–H groups in total. The van der Waals surface area contributed by atoms with Gasteiger partial charge in [0.2, 0.25) is 0 Å². The van der Waals surface area contributed by atoms with Gasteiger partial charge in [-0.3, -0.25) is 0 Å². The van der Waals surface area contributed by atoms with Crippen molar-refractivity contribution in [1.29, 1.82) is 0 Å². The highest BCUT2D eigenvalue weighted by molar-refractivity contribution is 4.72. The topological polar surface area (TPSA) is 18.5 Å². The Balaban J connectivity index is 1.75. The van der Waals surface area contributed by atoms with E-state index in [0.717, 1.165) is 0 Å². The number of hydrogen-bond donors (Lipinski definition) is 0. The van der Waals surface area contributed by atoms with Gasteiger partial charge in [0, 0.05) is 0 Å². The summed E-state index contributed by atoms with van der Waals surface area (Å²) in [6, 6.07) is 0. The summed E-state index contributed by atoms with van der Waals surface area (Å²) in [6.45, 7) is 4.19. The quantitative estimate of drug-likeness (QED) is 0.677. The van der Waals surface area contributed by atoms with Gasteiger partial charge in [0.05, 0.1) is 12.2 Å². The molecule has 2 aliphatic carbocycles. The Morgan fingerprint density at radius 2 is 1.00 bits per heavy atom. The molecule has 0 aromatic heterocycles. The molecule has 2 heteroatoms. The van der Waals surface area contributed by atoms with Crippen LogP contribution >= 0.6 is 0 Å². The van der Waals surface area contributed by atoms with Gasteiger partial charge in [-0.25, -0.2) is 0 Å². The maximum atomic E-state index is 6.16. The summed E-state index contributed by atoms with van der Waals surface area (Å²) in [4.78, 5) is 0. The molecular formula is C15H28O2. The van der Waals surface area contributed by atoms with Crippen molar-refractivity contribution in [2.75, 3.05) is 0 Å². The van der Waals surface area contributed by atoms with Gasteiger partial charge in [-0.1, -0.05) is 38.5 Å². The maximum Gasteiger partial charge on any atom is 0.163 e. The monoisotopic (exact) mass is 240 g/mol. The third kappa shape index (κ3) is 4.59. The lowest BCUT2D eigenvalue weighted by molar-refractivity contribution is -0.264. The van der Waals surface area contributed by atoms with Crippen LogP contribution in [0.25, 0.3) is 0 Å². The van der Waals surface area contributed by atoms with Crippen molar-refractivity contribution >= 4 is 0 Å². The van der Waals surface area contributed by atoms with Crippen molar-refractivity contribution in [3.8, 4) is 0 Å². The van der Waals surface area contributed by atoms with Crippen LogP contribution in [0.3, 0.4) is 0 Å². The average molecular weight is 240 g/mol. The van der Waals surface area contributed by atoms with E-state index >= 15 is 0 Å². The highest BCUT2D eigenvalue weighted by Gasteiger charge is 2.29. The molecule has 100 valence electrons. The largest absolute Gasteiger partial charge is 0.347 e. The van der Waals surface area contributed by atoms with E-state index in [-0.39, 0.29) is 5.79 Å². The number of rotatable bonds is 4. The van der Waals surface area contributed by atoms with E-state index < -0.39 is 0 Å². The van der Waals surface area contributed by atoms with Crippen molar-refractivity contribution in [3.63, 3.8) is 0 Å². The maximum absolute atomic E-state index is 6.16. The minimum atomic E-state index is -0.385. The first-order chi connectivity index (χ1) is 8.16. The highest BCUT2D eigenvalue weighted by atomic mass is 16.7. The van der Waals surface area contributed by atoms with Crippen molar-refractivity contribution < 1.29 is 9.47 Å². The molecule has 0 heterocycles. The number of ether oxygens (including phenoxy) is 2. The zero-order chi connectivity index (χ0) is 12.1. The van der Waals surface area contributed by atoms with Gasteiger partial charge in [-0.2, -0.15) is 0 Å². The fourth-order valence-corrected chi connectivity index (χ4v) is 3.20. The van der Waals surface area contributed by atoms with E-state index in [1.54, 1.807) is 0 Å². The first-order valence-corrected chi connectivity index (χ1v) is 7.51. The average Bonchev–Trinajstić information content (AvgIpc) is 2.30. The second-order valence-corrected chi connectivity index (χ2v) is 6.16. The fourth-order valence-electron chi connectivity index (χ4n) is 3.20. The Morgan fingerprint density at radius 3 is 1.35 bits per heavy atom. The van der Waals surface area contributed by atoms with Gasteiger partial charge < -0.3 is 9.47 Å². The lowest BCUT2D eigenvalue weighted by Crippen LogP contribution is -2.38. The Hall–Kier alpha value is -0.0800. The Bertz CT molecular complexity index is 191. The molecule has 2 aliphatic rings. The van der Waals surface area contributed by atoms with E-state index in [1.165, 1.54) is 64.2 Å². The van der Waals surface area contributed by atoms with Crippen LogP contribution in [-0.2, 0) is 9.47 Å². The molecule has 0 atom stereocenters. The Morgan fingerprint density at radius 1 is 0.647 bits per heavy atom. The van der Waals surface area contributed by atoms with Crippen molar-refractivity contribution in [2.45, 2.75) is 96.1 Å². The molecule has 2 rings (SSSR count). The predicted octanol–water partition coefficient (Wildman–Crippen LogP) is 4.42. The standard InChI is InChI=1S/C15H28O2/c1-15(2,16-13-9-5-3-6-10-13)17-14-11-7-4-8-12-14/h13-14H,3-12H2,1-2H3. The van der Waals surface area contributed by atoms with Crippen LogP contribution in [0.5, 0.6) is 0 Å². The van der Waals surface area contributed by atoms with Crippen LogP contribution < -0.4 is 0 Å². The lowest BCUT2D eigenvalue weighted by atomic mass is 9.97. The first kappa shape index (κ1) is 13.4. The number of hydrogen-bond acceptors (Lipinski definition) is 2. The van der Waals surface area contributed by atoms with E-state index in [9.17, 15) is 0 Å². The summed E-state index contributed by atoms with van der Waals surface area (Å²) in [5.41, 5.74) is 0. The van der Waals surface area contributed by atoms with E-state index in [1.807, 2.05) is 0 Å². The van der Waals surface area contributed by atoms with Crippen LogP contribution in [0, 0.1) is 0 Å². The first-order valence-electron chi connectivity index (χ1n) is 7.51. The summed E-state index contributed by atoms with van der Waals surface area (Å²) in [6.07, 6.45) is 13.8. The van der Waals surface area contributed by atoms with Gasteiger partial charge in [0.1, 0.15) is 0 Å². The summed E-state index contributed by atoms with van der Waals surface area (Å²) in [7, 11) is 0. The van der Waals surface area contributed by atoms with Crippen LogP contribution in [0.2, 0.25) is 0 Å². The zero-order valence-corrected chi connectivity index (χ0v) is 11.5. The Labute approximate surface area is 106 Å². The van der Waals surface area contributed by atoms with Crippen molar-refractivity contribution in [1.82, 2.24) is 0 Å². The molecule has 0 saturated heterocycles. The van der Waals surface area contributed by atoms with E-state index in [0.29, 0.717) is 12.2 Å². The smallest absolute Gasteiger partial charge is 0.163 e. The molecule has 2 fully saturated rings. The highest BCUT2D eigenvalue weighted by Crippen LogP contribution is 2.29. The van der Waals surface area contributed by atoms with Crippen molar-refractivity contribution in [2.24, 2.45) is 0 Å². The molecule has 2 nitrogen and oxygen atoms in total.